The predicted octanol–water partition coefficient (Wildman–Crippen LogP) is 16.4. The maximum absolute atomic E-state index is 12.8. The molecule has 1 unspecified atom stereocenters. The fourth-order valence-electron chi connectivity index (χ4n) is 5.85. The van der Waals surface area contributed by atoms with Crippen LogP contribution in [0.2, 0.25) is 0 Å². The van der Waals surface area contributed by atoms with E-state index in [0.717, 1.165) is 89.9 Å². The summed E-state index contributed by atoms with van der Waals surface area (Å²) in [5, 5.41) is 0. The van der Waals surface area contributed by atoms with Crippen molar-refractivity contribution in [1.82, 2.24) is 0 Å². The molecule has 0 aliphatic carbocycles. The second-order valence-electron chi connectivity index (χ2n) is 15.6. The zero-order valence-corrected chi connectivity index (χ0v) is 40.7. The van der Waals surface area contributed by atoms with Gasteiger partial charge in [-0.05, 0) is 77.0 Å². The second-order valence-corrected chi connectivity index (χ2v) is 15.6. The van der Waals surface area contributed by atoms with E-state index in [1.807, 2.05) is 134 Å². The van der Waals surface area contributed by atoms with Gasteiger partial charge in [-0.3, -0.25) is 14.4 Å². The molecule has 0 heterocycles. The van der Waals surface area contributed by atoms with Crippen LogP contribution in [0.3, 0.4) is 0 Å². The van der Waals surface area contributed by atoms with Crippen LogP contribution in [0.1, 0.15) is 162 Å². The van der Waals surface area contributed by atoms with Gasteiger partial charge in [-0.15, -0.1) is 0 Å². The third kappa shape index (κ3) is 49.6. The molecule has 0 aromatic carbocycles. The van der Waals surface area contributed by atoms with Gasteiger partial charge in [0.25, 0.3) is 0 Å². The molecule has 0 radical (unpaired) electrons. The Balaban J connectivity index is 4.63. The summed E-state index contributed by atoms with van der Waals surface area (Å²) in [5.41, 5.74) is 0. The van der Waals surface area contributed by atoms with Crippen molar-refractivity contribution in [1.29, 1.82) is 0 Å². The molecule has 0 bridgehead atoms. The monoisotopic (exact) mass is 891 g/mol. The van der Waals surface area contributed by atoms with Crippen molar-refractivity contribution >= 4 is 17.9 Å². The Kier molecular flexibility index (Phi) is 47.3. The maximum atomic E-state index is 12.8. The highest BCUT2D eigenvalue weighted by Gasteiger charge is 2.19. The lowest BCUT2D eigenvalue weighted by Crippen LogP contribution is -2.30. The molecular weight excluding hydrogens is 805 g/mol. The molecule has 358 valence electrons. The Morgan fingerprint density at radius 2 is 0.615 bits per heavy atom. The van der Waals surface area contributed by atoms with Gasteiger partial charge in [0, 0.05) is 19.3 Å². The number of ether oxygens (including phenoxy) is 3. The fourth-order valence-corrected chi connectivity index (χ4v) is 5.85. The van der Waals surface area contributed by atoms with Gasteiger partial charge in [-0.25, -0.2) is 0 Å². The normalized spacial score (nSPS) is 13.6. The number of allylic oxidation sites excluding steroid dienone is 28. The maximum Gasteiger partial charge on any atom is 0.306 e. The van der Waals surface area contributed by atoms with Crippen LogP contribution in [0.15, 0.2) is 170 Å². The lowest BCUT2D eigenvalue weighted by Gasteiger charge is -2.18. The summed E-state index contributed by atoms with van der Waals surface area (Å²) < 4.78 is 16.7. The average molecular weight is 891 g/mol. The minimum atomic E-state index is -0.833. The van der Waals surface area contributed by atoms with Gasteiger partial charge in [0.05, 0.1) is 0 Å². The summed E-state index contributed by atoms with van der Waals surface area (Å²) in [6.45, 7) is 6.18. The Morgan fingerprint density at radius 3 is 1.00 bits per heavy atom. The topological polar surface area (TPSA) is 78.9 Å². The molecule has 65 heavy (non-hydrogen) atoms. The lowest BCUT2D eigenvalue weighted by molar-refractivity contribution is -0.167. The van der Waals surface area contributed by atoms with E-state index in [1.54, 1.807) is 0 Å². The number of carbonyl (C=O) groups is 3. The van der Waals surface area contributed by atoms with Crippen molar-refractivity contribution in [2.75, 3.05) is 13.2 Å². The van der Waals surface area contributed by atoms with E-state index in [1.165, 1.54) is 19.3 Å². The Labute approximate surface area is 396 Å². The van der Waals surface area contributed by atoms with E-state index >= 15 is 0 Å². The zero-order valence-electron chi connectivity index (χ0n) is 40.7. The largest absolute Gasteiger partial charge is 0.462 e. The Bertz CT molecular complexity index is 1590. The lowest BCUT2D eigenvalue weighted by atomic mass is 10.1. The smallest absolute Gasteiger partial charge is 0.306 e. The molecule has 0 saturated heterocycles. The molecule has 0 aliphatic rings. The first-order valence-corrected chi connectivity index (χ1v) is 24.8. The van der Waals surface area contributed by atoms with Crippen molar-refractivity contribution in [3.8, 4) is 0 Å². The van der Waals surface area contributed by atoms with Crippen molar-refractivity contribution in [3.05, 3.63) is 170 Å². The SMILES string of the molecule is CC\C=C/C=C\C=C/C=C\C=C\C=C/C=C\CCCCCC(=O)OCC(COC(=O)CCCCCCC/C=C\CCCC)OC(=O)CCCCC\C=C/C=C/C=C\C=C/C=C\C=C/CC. The number of unbranched alkanes of at least 4 members (excludes halogenated alkanes) is 13. The molecule has 0 rings (SSSR count). The number of hydrogen-bond donors (Lipinski definition) is 0. The fraction of sp³-hybridized carbons (Fsp3) is 0.475. The van der Waals surface area contributed by atoms with Crippen molar-refractivity contribution in [3.63, 3.8) is 0 Å². The number of hydrogen-bond acceptors (Lipinski definition) is 6. The van der Waals surface area contributed by atoms with Crippen LogP contribution in [0.5, 0.6) is 0 Å². The average Bonchev–Trinajstić information content (AvgIpc) is 3.30. The summed E-state index contributed by atoms with van der Waals surface area (Å²) in [5.74, 6) is -1.04. The number of carbonyl (C=O) groups excluding carboxylic acids is 3. The van der Waals surface area contributed by atoms with Gasteiger partial charge < -0.3 is 14.2 Å². The van der Waals surface area contributed by atoms with Crippen LogP contribution in [0, 0.1) is 0 Å². The van der Waals surface area contributed by atoms with Gasteiger partial charge in [0.15, 0.2) is 6.10 Å². The van der Waals surface area contributed by atoms with E-state index in [0.29, 0.717) is 19.3 Å². The van der Waals surface area contributed by atoms with Crippen LogP contribution in [-0.2, 0) is 28.6 Å². The summed E-state index contributed by atoms with van der Waals surface area (Å²) in [7, 11) is 0. The summed E-state index contributed by atoms with van der Waals surface area (Å²) in [6.07, 6.45) is 76.1. The van der Waals surface area contributed by atoms with Crippen molar-refractivity contribution < 1.29 is 28.6 Å². The minimum Gasteiger partial charge on any atom is -0.462 e. The number of rotatable bonds is 41. The zero-order chi connectivity index (χ0) is 47.2. The van der Waals surface area contributed by atoms with Gasteiger partial charge >= 0.3 is 17.9 Å². The van der Waals surface area contributed by atoms with Crippen LogP contribution in [0.4, 0.5) is 0 Å². The molecule has 0 aliphatic heterocycles. The first-order valence-electron chi connectivity index (χ1n) is 24.8. The highest BCUT2D eigenvalue weighted by molar-refractivity contribution is 5.71. The standard InChI is InChI=1S/C59H86O6/c1-4-7-10-13-16-19-22-24-26-28-29-31-32-34-37-40-43-46-49-52-58(61)64-55-56(54-63-57(60)51-48-45-42-39-36-21-18-15-12-9-6-3)65-59(62)53-50-47-44-41-38-35-33-30-27-25-23-20-17-14-11-8-5-2/h7-8,10-11,13-20,22-35,37-38,56H,4-6,9,12,21,36,39-55H2,1-3H3/b10-7-,11-8-,16-13-,17-14-,18-15-,22-19-,23-20-,26-24-,27-25-,29-28+,32-31-,33-30+,37-34-,38-35-. The first-order chi connectivity index (χ1) is 32.0. The summed E-state index contributed by atoms with van der Waals surface area (Å²) in [6, 6.07) is 0. The van der Waals surface area contributed by atoms with Crippen molar-refractivity contribution in [2.45, 2.75) is 168 Å². The highest BCUT2D eigenvalue weighted by Crippen LogP contribution is 2.12. The van der Waals surface area contributed by atoms with Gasteiger partial charge in [0.1, 0.15) is 13.2 Å². The quantitative estimate of drug-likeness (QED) is 0.0200. The second kappa shape index (κ2) is 51.4. The Morgan fingerprint density at radius 1 is 0.323 bits per heavy atom. The molecule has 0 saturated carbocycles. The van der Waals surface area contributed by atoms with E-state index in [4.69, 9.17) is 14.2 Å². The van der Waals surface area contributed by atoms with Gasteiger partial charge in [-0.1, -0.05) is 236 Å². The first kappa shape index (κ1) is 59.8. The van der Waals surface area contributed by atoms with E-state index in [9.17, 15) is 14.4 Å². The molecule has 0 aromatic heterocycles. The third-order valence-corrected chi connectivity index (χ3v) is 9.54. The van der Waals surface area contributed by atoms with E-state index in [-0.39, 0.29) is 44.0 Å². The summed E-state index contributed by atoms with van der Waals surface area (Å²) in [4.78, 5) is 37.9. The molecule has 0 N–H and O–H groups in total. The molecular formula is C59H86O6. The Hall–Kier alpha value is -5.23. The van der Waals surface area contributed by atoms with E-state index < -0.39 is 6.10 Å². The van der Waals surface area contributed by atoms with Gasteiger partial charge in [-0.2, -0.15) is 0 Å². The number of esters is 3. The molecule has 0 aromatic rings. The van der Waals surface area contributed by atoms with Crippen LogP contribution in [-0.4, -0.2) is 37.2 Å². The molecule has 0 spiro atoms. The predicted molar refractivity (Wildman–Crippen MR) is 278 cm³/mol. The van der Waals surface area contributed by atoms with Crippen LogP contribution >= 0.6 is 0 Å². The molecule has 0 fully saturated rings. The van der Waals surface area contributed by atoms with Gasteiger partial charge in [0.2, 0.25) is 0 Å². The third-order valence-electron chi connectivity index (χ3n) is 9.54. The molecule has 0 amide bonds. The van der Waals surface area contributed by atoms with Crippen LogP contribution in [0.25, 0.3) is 0 Å². The van der Waals surface area contributed by atoms with Crippen molar-refractivity contribution in [2.24, 2.45) is 0 Å². The van der Waals surface area contributed by atoms with E-state index in [2.05, 4.69) is 57.2 Å². The molecule has 6 heteroatoms. The molecule has 1 atom stereocenters. The highest BCUT2D eigenvalue weighted by atomic mass is 16.6. The van der Waals surface area contributed by atoms with Crippen LogP contribution < -0.4 is 0 Å². The minimum absolute atomic E-state index is 0.125. The summed E-state index contributed by atoms with van der Waals surface area (Å²) >= 11 is 0. The molecule has 6 nitrogen and oxygen atoms in total.